The summed E-state index contributed by atoms with van der Waals surface area (Å²) in [7, 11) is 0. The van der Waals surface area contributed by atoms with Gasteiger partial charge in [0.25, 0.3) is 0 Å². The van der Waals surface area contributed by atoms with Gasteiger partial charge >= 0.3 is 17.9 Å². The van der Waals surface area contributed by atoms with E-state index < -0.39 is 39.0 Å². The van der Waals surface area contributed by atoms with Gasteiger partial charge in [0.1, 0.15) is 5.78 Å². The lowest BCUT2D eigenvalue weighted by Gasteiger charge is -2.36. The van der Waals surface area contributed by atoms with Crippen LogP contribution in [0.15, 0.2) is 47.0 Å². The van der Waals surface area contributed by atoms with E-state index in [0.29, 0.717) is 86.6 Å². The van der Waals surface area contributed by atoms with Crippen molar-refractivity contribution in [3.8, 4) is 0 Å². The first kappa shape index (κ1) is 36.0. The molecule has 9 aliphatic rings. The number of fused-ring (bicyclic) bond motifs is 9. The smallest absolute Gasteiger partial charge is 0.317 e. The molecular weight excluding hydrogens is 684 g/mol. The van der Waals surface area contributed by atoms with Crippen molar-refractivity contribution in [3.63, 3.8) is 0 Å². The minimum Gasteiger partial charge on any atom is -0.481 e. The number of ketones is 3. The zero-order chi connectivity index (χ0) is 39.0. The van der Waals surface area contributed by atoms with Crippen molar-refractivity contribution >= 4 is 35.3 Å². The Bertz CT molecular complexity index is 2020. The van der Waals surface area contributed by atoms with Gasteiger partial charge in [0, 0.05) is 34.3 Å². The Labute approximate surface area is 317 Å². The molecule has 1 N–H and O–H groups in total. The first-order valence-electron chi connectivity index (χ1n) is 20.2. The van der Waals surface area contributed by atoms with E-state index in [2.05, 4.69) is 20.1 Å². The zero-order valence-corrected chi connectivity index (χ0v) is 32.8. The van der Waals surface area contributed by atoms with Crippen molar-refractivity contribution < 1.29 is 43.3 Å². The predicted octanol–water partition coefficient (Wildman–Crippen LogP) is 7.50. The first-order valence-corrected chi connectivity index (χ1v) is 20.2. The summed E-state index contributed by atoms with van der Waals surface area (Å²) in [6.45, 7) is 22.2. The zero-order valence-electron chi connectivity index (χ0n) is 32.8. The van der Waals surface area contributed by atoms with Gasteiger partial charge < -0.3 is 14.6 Å². The van der Waals surface area contributed by atoms with Gasteiger partial charge in [-0.2, -0.15) is 0 Å². The third kappa shape index (κ3) is 4.12. The number of carboxylic acids is 1. The van der Waals surface area contributed by atoms with Crippen LogP contribution in [0.4, 0.5) is 0 Å². The summed E-state index contributed by atoms with van der Waals surface area (Å²) in [5, 5.41) is 9.92. The minimum atomic E-state index is -0.918. The quantitative estimate of drug-likeness (QED) is 0.224. The van der Waals surface area contributed by atoms with Crippen LogP contribution in [0, 0.1) is 79.8 Å². The van der Waals surface area contributed by atoms with Gasteiger partial charge in [-0.15, -0.1) is 0 Å². The average Bonchev–Trinajstić information content (AvgIpc) is 3.97. The molecule has 9 rings (SSSR count). The second kappa shape index (κ2) is 10.6. The fraction of sp³-hybridized carbons (Fsp3) is 0.689. The highest BCUT2D eigenvalue weighted by Gasteiger charge is 2.68. The number of hydrogen-bond donors (Lipinski definition) is 1. The van der Waals surface area contributed by atoms with E-state index in [1.165, 1.54) is 0 Å². The summed E-state index contributed by atoms with van der Waals surface area (Å²) < 4.78 is 12.3. The number of esters is 2. The van der Waals surface area contributed by atoms with Crippen LogP contribution in [0.25, 0.3) is 0 Å². The number of allylic oxidation sites excluding steroid dienone is 4. The highest BCUT2D eigenvalue weighted by Crippen LogP contribution is 2.71. The first-order chi connectivity index (χ1) is 25.0. The summed E-state index contributed by atoms with van der Waals surface area (Å²) in [4.78, 5) is 80.6. The Morgan fingerprint density at radius 3 is 1.54 bits per heavy atom. The maximum Gasteiger partial charge on any atom is 0.317 e. The Balaban J connectivity index is 0.924. The van der Waals surface area contributed by atoms with Crippen molar-refractivity contribution in [1.29, 1.82) is 0 Å². The summed E-state index contributed by atoms with van der Waals surface area (Å²) in [5.41, 5.74) is -1.79. The summed E-state index contributed by atoms with van der Waals surface area (Å²) in [6, 6.07) is 0. The summed E-state index contributed by atoms with van der Waals surface area (Å²) in [6.07, 6.45) is 5.83. The van der Waals surface area contributed by atoms with Gasteiger partial charge in [0.2, 0.25) is 11.6 Å². The molecule has 0 saturated heterocycles. The topological polar surface area (TPSA) is 141 Å². The molecule has 0 heterocycles. The molecular formula is C45H54O9. The van der Waals surface area contributed by atoms with Crippen LogP contribution in [0.3, 0.4) is 0 Å². The molecule has 0 aromatic carbocycles. The van der Waals surface area contributed by atoms with E-state index in [1.54, 1.807) is 6.92 Å². The molecule has 0 aliphatic heterocycles. The van der Waals surface area contributed by atoms with Crippen molar-refractivity contribution in [2.75, 3.05) is 0 Å². The summed E-state index contributed by atoms with van der Waals surface area (Å²) >= 11 is 0. The van der Waals surface area contributed by atoms with Gasteiger partial charge in [0.05, 0.1) is 16.2 Å². The molecule has 7 saturated carbocycles. The lowest BCUT2D eigenvalue weighted by molar-refractivity contribution is -0.152. The highest BCUT2D eigenvalue weighted by molar-refractivity contribution is 6.14. The monoisotopic (exact) mass is 738 g/mol. The average molecular weight is 739 g/mol. The Kier molecular flexibility index (Phi) is 7.08. The number of hydrogen-bond acceptors (Lipinski definition) is 8. The fourth-order valence-electron chi connectivity index (χ4n) is 14.8. The highest BCUT2D eigenvalue weighted by atomic mass is 16.5. The molecule has 0 spiro atoms. The van der Waals surface area contributed by atoms with Gasteiger partial charge in [-0.3, -0.25) is 28.8 Å². The standard InChI is InChI=1S/C45H54O9/c1-20-32(46)13-26-10-23-15-41(5,18-29(23)43(20,26)7)38(51)53-36-28-12-25-16-42(6,19-31(25)45(28,9)22(3)34(36)48)39(52)54-35-27-11-24-14-40(4,37(49)50)17-30(24)44(27,8)21(2)33(35)47/h20,23-26,29-31H,2-3,10-19H2,1,4-9H3,(H,49,50)/t20?,23-,24-,25-,26-,29+,30+,31+,40-,41-,42-,43+,44+,45+/m0/s1. The van der Waals surface area contributed by atoms with E-state index in [1.807, 2.05) is 34.6 Å². The third-order valence-electron chi connectivity index (χ3n) is 18.3. The Hall–Kier alpha value is -3.62. The molecule has 1 unspecified atom stereocenters. The van der Waals surface area contributed by atoms with Gasteiger partial charge in [-0.1, -0.05) is 40.9 Å². The number of Topliss-reactive ketones (excluding diaryl/α,β-unsaturated/α-hetero) is 3. The van der Waals surface area contributed by atoms with Crippen LogP contribution in [0.1, 0.15) is 113 Å². The largest absolute Gasteiger partial charge is 0.481 e. The molecule has 14 atom stereocenters. The van der Waals surface area contributed by atoms with Crippen molar-refractivity contribution in [2.45, 2.75) is 113 Å². The van der Waals surface area contributed by atoms with Crippen LogP contribution in [0.2, 0.25) is 0 Å². The molecule has 0 amide bonds. The molecule has 9 aliphatic carbocycles. The molecule has 288 valence electrons. The lowest BCUT2D eigenvalue weighted by Crippen LogP contribution is -2.35. The van der Waals surface area contributed by atoms with Crippen molar-refractivity contribution in [2.24, 2.45) is 79.8 Å². The van der Waals surface area contributed by atoms with Gasteiger partial charge in [-0.05, 0) is 137 Å². The molecule has 9 heteroatoms. The molecule has 9 nitrogen and oxygen atoms in total. The lowest BCUT2D eigenvalue weighted by atomic mass is 9.67. The number of carboxylic acid groups (broad SMARTS) is 1. The number of aliphatic carboxylic acids is 1. The van der Waals surface area contributed by atoms with E-state index in [9.17, 15) is 33.9 Å². The van der Waals surface area contributed by atoms with Crippen LogP contribution >= 0.6 is 0 Å². The number of ether oxygens (including phenoxy) is 2. The number of rotatable bonds is 5. The summed E-state index contributed by atoms with van der Waals surface area (Å²) in [5.74, 6) is -0.954. The third-order valence-corrected chi connectivity index (χ3v) is 18.3. The van der Waals surface area contributed by atoms with Crippen LogP contribution < -0.4 is 0 Å². The van der Waals surface area contributed by atoms with Crippen LogP contribution in [0.5, 0.6) is 0 Å². The Morgan fingerprint density at radius 1 is 0.630 bits per heavy atom. The van der Waals surface area contributed by atoms with Crippen molar-refractivity contribution in [3.05, 3.63) is 47.0 Å². The number of carbonyl (C=O) groups excluding carboxylic acids is 5. The van der Waals surface area contributed by atoms with Crippen molar-refractivity contribution in [1.82, 2.24) is 0 Å². The number of carbonyl (C=O) groups is 6. The SMILES string of the molecule is C=C1C(=O)C(OC(=O)[C@@]2(C)C[C@@H]3CC4=C(OC(=O)[C@@]5(C)C[C@@H]6C[C@H]7CC(=O)C(C)[C@@]7(C)[C@@H]6C5)C(=O)C(=C)[C@@]4(C)[C@@H]3C2)=C2C[C@H]3C[C@](C)(C(=O)O)C[C@H]3[C@]12C. The molecule has 0 aromatic heterocycles. The van der Waals surface area contributed by atoms with E-state index in [4.69, 9.17) is 9.47 Å². The minimum absolute atomic E-state index is 0.0163. The molecule has 54 heavy (non-hydrogen) atoms. The molecule has 7 fully saturated rings. The Morgan fingerprint density at radius 2 is 1.06 bits per heavy atom. The molecule has 0 radical (unpaired) electrons. The van der Waals surface area contributed by atoms with E-state index >= 15 is 0 Å². The fourth-order valence-corrected chi connectivity index (χ4v) is 14.8. The normalized spacial score (nSPS) is 49.8. The predicted molar refractivity (Wildman–Crippen MR) is 196 cm³/mol. The van der Waals surface area contributed by atoms with Crippen LogP contribution in [-0.2, 0) is 38.2 Å². The second-order valence-corrected chi connectivity index (χ2v) is 20.8. The molecule has 0 bridgehead atoms. The van der Waals surface area contributed by atoms with E-state index in [-0.39, 0.29) is 70.0 Å². The maximum atomic E-state index is 14.2. The maximum absolute atomic E-state index is 14.2. The van der Waals surface area contributed by atoms with Crippen LogP contribution in [-0.4, -0.2) is 40.4 Å². The van der Waals surface area contributed by atoms with Gasteiger partial charge in [-0.25, -0.2) is 0 Å². The molecule has 0 aromatic rings. The van der Waals surface area contributed by atoms with E-state index in [0.717, 1.165) is 17.6 Å². The van der Waals surface area contributed by atoms with Gasteiger partial charge in [0.15, 0.2) is 11.5 Å². The second-order valence-electron chi connectivity index (χ2n) is 20.8.